The summed E-state index contributed by atoms with van der Waals surface area (Å²) >= 11 is 1.84. The Morgan fingerprint density at radius 3 is 2.96 bits per heavy atom. The molecule has 8 heteroatoms. The van der Waals surface area contributed by atoms with Gasteiger partial charge < -0.3 is 10.2 Å². The van der Waals surface area contributed by atoms with E-state index in [2.05, 4.69) is 33.8 Å². The number of anilines is 2. The predicted octanol–water partition coefficient (Wildman–Crippen LogP) is 3.30. The van der Waals surface area contributed by atoms with Gasteiger partial charge in [-0.15, -0.1) is 16.9 Å². The highest BCUT2D eigenvalue weighted by molar-refractivity contribution is 8.00. The summed E-state index contributed by atoms with van der Waals surface area (Å²) in [6.45, 7) is 5.18. The molecule has 1 aliphatic rings. The molecule has 144 valence electrons. The molecule has 4 rings (SSSR count). The molecule has 0 spiro atoms. The molecule has 0 radical (unpaired) electrons. The molecule has 1 amide bonds. The van der Waals surface area contributed by atoms with Crippen molar-refractivity contribution in [3.63, 3.8) is 0 Å². The summed E-state index contributed by atoms with van der Waals surface area (Å²) in [5.74, 6) is 0.0642. The Balaban J connectivity index is 1.51. The number of amides is 1. The highest BCUT2D eigenvalue weighted by atomic mass is 32.2. The highest BCUT2D eigenvalue weighted by Gasteiger charge is 2.23. The fraction of sp³-hybridized carbons (Fsp3) is 0.300. The fourth-order valence-corrected chi connectivity index (χ4v) is 4.35. The van der Waals surface area contributed by atoms with Crippen LogP contribution >= 0.6 is 11.8 Å². The first-order chi connectivity index (χ1) is 13.6. The molecule has 3 aromatic rings. The van der Waals surface area contributed by atoms with E-state index in [4.69, 9.17) is 0 Å². The van der Waals surface area contributed by atoms with Gasteiger partial charge in [-0.1, -0.05) is 25.1 Å². The predicted molar refractivity (Wildman–Crippen MR) is 111 cm³/mol. The van der Waals surface area contributed by atoms with Crippen molar-refractivity contribution in [1.82, 2.24) is 20.2 Å². The first-order valence-electron chi connectivity index (χ1n) is 9.26. The van der Waals surface area contributed by atoms with Crippen molar-refractivity contribution < 1.29 is 4.79 Å². The van der Waals surface area contributed by atoms with Gasteiger partial charge in [0.2, 0.25) is 5.91 Å². The van der Waals surface area contributed by atoms with Gasteiger partial charge in [0, 0.05) is 22.4 Å². The smallest absolute Gasteiger partial charge is 0.246 e. The number of hydrogen-bond donors (Lipinski definition) is 1. The zero-order chi connectivity index (χ0) is 19.5. The van der Waals surface area contributed by atoms with Gasteiger partial charge in [0.15, 0.2) is 0 Å². The van der Waals surface area contributed by atoms with E-state index < -0.39 is 0 Å². The van der Waals surface area contributed by atoms with Crippen molar-refractivity contribution in [3.05, 3.63) is 54.4 Å². The maximum Gasteiger partial charge on any atom is 0.246 e. The number of nitrogens with zero attached hydrogens (tertiary/aromatic N) is 5. The van der Waals surface area contributed by atoms with Crippen molar-refractivity contribution in [1.29, 1.82) is 0 Å². The van der Waals surface area contributed by atoms with E-state index in [-0.39, 0.29) is 12.5 Å². The largest absolute Gasteiger partial charge is 0.376 e. The Morgan fingerprint density at radius 1 is 1.29 bits per heavy atom. The number of aromatic nitrogens is 4. The van der Waals surface area contributed by atoms with Crippen LogP contribution in [-0.2, 0) is 4.79 Å². The second-order valence-electron chi connectivity index (χ2n) is 6.84. The molecule has 1 aromatic heterocycles. The number of carbonyl (C=O) groups is 1. The van der Waals surface area contributed by atoms with Gasteiger partial charge in [-0.25, -0.2) is 4.68 Å². The quantitative estimate of drug-likeness (QED) is 0.732. The number of aryl methyl sites for hydroxylation is 1. The van der Waals surface area contributed by atoms with Gasteiger partial charge in [-0.2, -0.15) is 0 Å². The highest BCUT2D eigenvalue weighted by Crippen LogP contribution is 2.37. The van der Waals surface area contributed by atoms with E-state index in [1.807, 2.05) is 60.0 Å². The molecule has 2 aromatic carbocycles. The van der Waals surface area contributed by atoms with E-state index in [0.717, 1.165) is 40.5 Å². The third-order valence-electron chi connectivity index (χ3n) is 4.81. The molecule has 0 saturated carbocycles. The van der Waals surface area contributed by atoms with Crippen molar-refractivity contribution >= 4 is 29.0 Å². The molecule has 1 N–H and O–H groups in total. The lowest BCUT2D eigenvalue weighted by Gasteiger charge is -2.23. The van der Waals surface area contributed by atoms with Gasteiger partial charge in [-0.3, -0.25) is 4.79 Å². The molecular weight excluding hydrogens is 372 g/mol. The van der Waals surface area contributed by atoms with E-state index in [9.17, 15) is 4.79 Å². The van der Waals surface area contributed by atoms with Gasteiger partial charge in [-0.05, 0) is 53.6 Å². The number of fused-ring (bicyclic) bond motifs is 1. The molecule has 1 aliphatic heterocycles. The van der Waals surface area contributed by atoms with Crippen LogP contribution in [0.3, 0.4) is 0 Å². The first kappa shape index (κ1) is 18.5. The summed E-state index contributed by atoms with van der Waals surface area (Å²) in [6.07, 6.45) is 2.52. The second-order valence-corrected chi connectivity index (χ2v) is 8.32. The summed E-state index contributed by atoms with van der Waals surface area (Å²) in [4.78, 5) is 16.1. The Bertz CT molecular complexity index is 975. The van der Waals surface area contributed by atoms with E-state index in [1.54, 1.807) is 11.0 Å². The zero-order valence-corrected chi connectivity index (χ0v) is 16.7. The number of nitrogens with one attached hydrogen (secondary N) is 1. The van der Waals surface area contributed by atoms with Crippen LogP contribution in [0.25, 0.3) is 5.69 Å². The maximum absolute atomic E-state index is 13.0. The monoisotopic (exact) mass is 394 g/mol. The molecule has 0 saturated heterocycles. The normalized spacial score (nSPS) is 16.4. The Hall–Kier alpha value is -2.87. The lowest BCUT2D eigenvalue weighted by molar-refractivity contribution is -0.117. The van der Waals surface area contributed by atoms with Crippen LogP contribution < -0.4 is 10.2 Å². The van der Waals surface area contributed by atoms with Gasteiger partial charge in [0.25, 0.3) is 0 Å². The second kappa shape index (κ2) is 8.02. The zero-order valence-electron chi connectivity index (χ0n) is 15.9. The molecule has 1 unspecified atom stereocenters. The topological polar surface area (TPSA) is 75.9 Å². The standard InChI is InChI=1S/C20H22N6OS/c1-14-7-8-16(26-13-22-23-24-26)11-17(14)21-12-20(27)25-10-9-15(2)28-19-6-4-3-5-18(19)25/h3-8,11,13,15,21H,9-10,12H2,1-2H3. The molecule has 7 nitrogen and oxygen atoms in total. The summed E-state index contributed by atoms with van der Waals surface area (Å²) in [5.41, 5.74) is 3.80. The SMILES string of the molecule is Cc1ccc(-n2cnnn2)cc1NCC(=O)N1CCC(C)Sc2ccccc21. The van der Waals surface area contributed by atoms with Gasteiger partial charge in [0.1, 0.15) is 6.33 Å². The summed E-state index contributed by atoms with van der Waals surface area (Å²) in [7, 11) is 0. The summed E-state index contributed by atoms with van der Waals surface area (Å²) in [6, 6.07) is 14.0. The van der Waals surface area contributed by atoms with Gasteiger partial charge >= 0.3 is 0 Å². The average molecular weight is 395 g/mol. The van der Waals surface area contributed by atoms with Crippen LogP contribution in [0, 0.1) is 6.92 Å². The van der Waals surface area contributed by atoms with Crippen LogP contribution in [-0.4, -0.2) is 44.5 Å². The van der Waals surface area contributed by atoms with Crippen LogP contribution in [0.2, 0.25) is 0 Å². The Morgan fingerprint density at radius 2 is 2.14 bits per heavy atom. The average Bonchev–Trinajstić information content (AvgIpc) is 3.17. The maximum atomic E-state index is 13.0. The van der Waals surface area contributed by atoms with Crippen LogP contribution in [0.4, 0.5) is 11.4 Å². The molecule has 0 bridgehead atoms. The summed E-state index contributed by atoms with van der Waals surface area (Å²) in [5, 5.41) is 15.0. The lowest BCUT2D eigenvalue weighted by atomic mass is 10.1. The Kier molecular flexibility index (Phi) is 5.29. The lowest BCUT2D eigenvalue weighted by Crippen LogP contribution is -2.36. The van der Waals surface area contributed by atoms with E-state index >= 15 is 0 Å². The van der Waals surface area contributed by atoms with Crippen molar-refractivity contribution in [2.75, 3.05) is 23.3 Å². The number of para-hydroxylation sites is 1. The van der Waals surface area contributed by atoms with Crippen molar-refractivity contribution in [3.8, 4) is 5.69 Å². The Labute approximate surface area is 168 Å². The van der Waals surface area contributed by atoms with E-state index in [1.165, 1.54) is 0 Å². The minimum Gasteiger partial charge on any atom is -0.376 e. The minimum atomic E-state index is 0.0642. The number of thioether (sulfide) groups is 1. The van der Waals surface area contributed by atoms with Crippen molar-refractivity contribution in [2.24, 2.45) is 0 Å². The van der Waals surface area contributed by atoms with Crippen LogP contribution in [0.15, 0.2) is 53.7 Å². The number of hydrogen-bond acceptors (Lipinski definition) is 6. The number of benzene rings is 2. The summed E-state index contributed by atoms with van der Waals surface area (Å²) < 4.78 is 1.59. The van der Waals surface area contributed by atoms with Gasteiger partial charge in [0.05, 0.1) is 17.9 Å². The molecule has 2 heterocycles. The molecule has 0 aliphatic carbocycles. The number of carbonyl (C=O) groups excluding carboxylic acids is 1. The van der Waals surface area contributed by atoms with E-state index in [0.29, 0.717) is 5.25 Å². The number of tetrazole rings is 1. The number of rotatable bonds is 4. The first-order valence-corrected chi connectivity index (χ1v) is 10.1. The fourth-order valence-electron chi connectivity index (χ4n) is 3.23. The van der Waals surface area contributed by atoms with Crippen molar-refractivity contribution in [2.45, 2.75) is 30.4 Å². The third-order valence-corrected chi connectivity index (χ3v) is 6.05. The van der Waals surface area contributed by atoms with Crippen LogP contribution in [0.5, 0.6) is 0 Å². The molecular formula is C20H22N6OS. The molecule has 28 heavy (non-hydrogen) atoms. The molecule has 1 atom stereocenters. The molecule has 0 fully saturated rings. The third kappa shape index (κ3) is 3.87. The van der Waals surface area contributed by atoms with Crippen LogP contribution in [0.1, 0.15) is 18.9 Å². The minimum absolute atomic E-state index is 0.0642.